The quantitative estimate of drug-likeness (QED) is 0.807. The van der Waals surface area contributed by atoms with Crippen molar-refractivity contribution in [2.45, 2.75) is 13.0 Å². The fourth-order valence-corrected chi connectivity index (χ4v) is 4.12. The first-order chi connectivity index (χ1) is 9.87. The highest BCUT2D eigenvalue weighted by atomic mass is 32.2. The molecule has 0 amide bonds. The Kier molecular flexibility index (Phi) is 5.18. The molecule has 1 atom stereocenters. The summed E-state index contributed by atoms with van der Waals surface area (Å²) in [5.74, 6) is 1.22. The zero-order valence-corrected chi connectivity index (χ0v) is 13.6. The summed E-state index contributed by atoms with van der Waals surface area (Å²) in [7, 11) is -2.86. The van der Waals surface area contributed by atoms with Gasteiger partial charge in [0.1, 0.15) is 17.3 Å². The second-order valence-corrected chi connectivity index (χ2v) is 7.90. The van der Waals surface area contributed by atoms with E-state index in [4.69, 9.17) is 22.7 Å². The van der Waals surface area contributed by atoms with E-state index < -0.39 is 9.84 Å². The number of ether oxygens (including phenoxy) is 1. The van der Waals surface area contributed by atoms with E-state index in [0.717, 1.165) is 11.3 Å². The number of nitrogens with two attached hydrogens (primary N) is 1. The molecule has 116 valence electrons. The topological polar surface area (TPSA) is 72.6 Å². The molecule has 0 aromatic heterocycles. The first kappa shape index (κ1) is 16.2. The van der Waals surface area contributed by atoms with E-state index >= 15 is 0 Å². The zero-order chi connectivity index (χ0) is 15.5. The predicted octanol–water partition coefficient (Wildman–Crippen LogP) is 0.819. The molecular formula is C14H20N2O3S2. The number of rotatable bonds is 5. The van der Waals surface area contributed by atoms with E-state index in [1.54, 1.807) is 0 Å². The van der Waals surface area contributed by atoms with Gasteiger partial charge in [0.25, 0.3) is 0 Å². The number of sulfone groups is 1. The number of hydrogen-bond acceptors (Lipinski definition) is 5. The first-order valence-corrected chi connectivity index (χ1v) is 9.07. The van der Waals surface area contributed by atoms with Gasteiger partial charge in [0.15, 0.2) is 9.84 Å². The number of thiocarbonyl (C=S) groups is 1. The van der Waals surface area contributed by atoms with Gasteiger partial charge >= 0.3 is 0 Å². The van der Waals surface area contributed by atoms with Gasteiger partial charge in [-0.3, -0.25) is 4.90 Å². The fraction of sp³-hybridized carbons (Fsp3) is 0.500. The Balaban J connectivity index is 1.80. The van der Waals surface area contributed by atoms with Crippen molar-refractivity contribution in [3.05, 3.63) is 29.8 Å². The molecule has 1 unspecified atom stereocenters. The summed E-state index contributed by atoms with van der Waals surface area (Å²) in [5, 5.41) is 0. The summed E-state index contributed by atoms with van der Waals surface area (Å²) in [4.78, 5) is 2.51. The van der Waals surface area contributed by atoms with Crippen LogP contribution in [0.3, 0.4) is 0 Å². The van der Waals surface area contributed by atoms with Gasteiger partial charge in [0.05, 0.1) is 11.5 Å². The lowest BCUT2D eigenvalue weighted by molar-refractivity contribution is 0.179. The lowest BCUT2D eigenvalue weighted by Gasteiger charge is -2.32. The Morgan fingerprint density at radius 3 is 2.67 bits per heavy atom. The van der Waals surface area contributed by atoms with Crippen LogP contribution in [-0.2, 0) is 9.84 Å². The third-order valence-electron chi connectivity index (χ3n) is 3.59. The molecule has 7 heteroatoms. The Hall–Kier alpha value is -1.18. The molecule has 2 rings (SSSR count). The van der Waals surface area contributed by atoms with Crippen LogP contribution in [0.25, 0.3) is 0 Å². The third kappa shape index (κ3) is 4.66. The molecule has 1 saturated heterocycles. The minimum absolute atomic E-state index is 0.0457. The first-order valence-electron chi connectivity index (χ1n) is 6.84. The van der Waals surface area contributed by atoms with Gasteiger partial charge in [0, 0.05) is 24.7 Å². The monoisotopic (exact) mass is 328 g/mol. The van der Waals surface area contributed by atoms with E-state index in [0.29, 0.717) is 24.7 Å². The van der Waals surface area contributed by atoms with Crippen molar-refractivity contribution in [3.8, 4) is 5.75 Å². The van der Waals surface area contributed by atoms with E-state index in [1.165, 1.54) is 0 Å². The predicted molar refractivity (Wildman–Crippen MR) is 87.5 cm³/mol. The molecule has 5 nitrogen and oxygen atoms in total. The highest BCUT2D eigenvalue weighted by molar-refractivity contribution is 7.91. The van der Waals surface area contributed by atoms with E-state index in [1.807, 2.05) is 31.2 Å². The molecule has 2 N–H and O–H groups in total. The second kappa shape index (κ2) is 6.72. The van der Waals surface area contributed by atoms with E-state index in [9.17, 15) is 8.42 Å². The molecule has 0 saturated carbocycles. The zero-order valence-electron chi connectivity index (χ0n) is 12.0. The molecule has 0 radical (unpaired) electrons. The molecular weight excluding hydrogens is 308 g/mol. The van der Waals surface area contributed by atoms with Gasteiger partial charge in [-0.15, -0.1) is 0 Å². The van der Waals surface area contributed by atoms with Gasteiger partial charge in [0.2, 0.25) is 0 Å². The number of benzene rings is 1. The van der Waals surface area contributed by atoms with Crippen molar-refractivity contribution < 1.29 is 13.2 Å². The molecule has 0 aliphatic carbocycles. The van der Waals surface area contributed by atoms with Gasteiger partial charge in [-0.2, -0.15) is 0 Å². The summed E-state index contributed by atoms with van der Waals surface area (Å²) in [6, 6.07) is 7.36. The largest absolute Gasteiger partial charge is 0.492 e. The van der Waals surface area contributed by atoms with Crippen LogP contribution >= 0.6 is 12.2 Å². The lowest BCUT2D eigenvalue weighted by Crippen LogP contribution is -2.48. The molecule has 1 aliphatic heterocycles. The Bertz CT molecular complexity index is 599. The lowest BCUT2D eigenvalue weighted by atomic mass is 10.2. The average Bonchev–Trinajstić information content (AvgIpc) is 2.41. The third-order valence-corrected chi connectivity index (χ3v) is 5.62. The molecule has 1 fully saturated rings. The van der Waals surface area contributed by atoms with Crippen molar-refractivity contribution >= 4 is 27.0 Å². The maximum atomic E-state index is 11.5. The molecule has 1 aromatic carbocycles. The Labute approximate surface area is 131 Å². The van der Waals surface area contributed by atoms with E-state index in [-0.39, 0.29) is 17.5 Å². The number of hydrogen-bond donors (Lipinski definition) is 1. The van der Waals surface area contributed by atoms with Gasteiger partial charge in [-0.25, -0.2) is 8.42 Å². The van der Waals surface area contributed by atoms with Crippen LogP contribution in [0.5, 0.6) is 5.75 Å². The second-order valence-electron chi connectivity index (χ2n) is 5.24. The molecule has 0 spiro atoms. The summed E-state index contributed by atoms with van der Waals surface area (Å²) in [6.45, 7) is 3.76. The number of nitrogens with zero attached hydrogens (tertiary/aromatic N) is 1. The van der Waals surface area contributed by atoms with Gasteiger partial charge in [-0.1, -0.05) is 12.2 Å². The molecule has 1 aliphatic rings. The molecule has 21 heavy (non-hydrogen) atoms. The minimum atomic E-state index is -2.86. The minimum Gasteiger partial charge on any atom is -0.492 e. The van der Waals surface area contributed by atoms with Crippen LogP contribution in [0.1, 0.15) is 12.5 Å². The Morgan fingerprint density at radius 2 is 2.10 bits per heavy atom. The van der Waals surface area contributed by atoms with Crippen molar-refractivity contribution in [1.29, 1.82) is 0 Å². The average molecular weight is 328 g/mol. The summed E-state index contributed by atoms with van der Waals surface area (Å²) in [5.41, 5.74) is 6.35. The molecule has 1 heterocycles. The normalized spacial score (nSPS) is 21.9. The highest BCUT2D eigenvalue weighted by Crippen LogP contribution is 2.14. The maximum absolute atomic E-state index is 11.5. The van der Waals surface area contributed by atoms with Crippen molar-refractivity contribution in [2.24, 2.45) is 5.73 Å². The van der Waals surface area contributed by atoms with E-state index in [2.05, 4.69) is 4.90 Å². The fourth-order valence-electron chi connectivity index (χ4n) is 2.36. The standard InChI is InChI=1S/C14H20N2O3S2/c1-11-10-21(17,18)9-7-16(11)6-8-19-13-4-2-12(3-5-13)14(15)20/h2-5,11H,6-10H2,1H3,(H2,15,20). The Morgan fingerprint density at radius 1 is 1.43 bits per heavy atom. The van der Waals surface area contributed by atoms with Crippen molar-refractivity contribution in [2.75, 3.05) is 31.2 Å². The molecule has 0 bridgehead atoms. The van der Waals surface area contributed by atoms with Crippen LogP contribution in [0.4, 0.5) is 0 Å². The van der Waals surface area contributed by atoms with Crippen LogP contribution in [0, 0.1) is 0 Å². The van der Waals surface area contributed by atoms with Crippen LogP contribution in [0.15, 0.2) is 24.3 Å². The van der Waals surface area contributed by atoms with Gasteiger partial charge in [-0.05, 0) is 31.2 Å². The van der Waals surface area contributed by atoms with Gasteiger partial charge < -0.3 is 10.5 Å². The summed E-state index contributed by atoms with van der Waals surface area (Å²) < 4.78 is 28.7. The highest BCUT2D eigenvalue weighted by Gasteiger charge is 2.27. The van der Waals surface area contributed by atoms with Crippen LogP contribution in [-0.4, -0.2) is 55.6 Å². The summed E-state index contributed by atoms with van der Waals surface area (Å²) >= 11 is 4.89. The van der Waals surface area contributed by atoms with Crippen LogP contribution in [0.2, 0.25) is 0 Å². The smallest absolute Gasteiger partial charge is 0.153 e. The maximum Gasteiger partial charge on any atom is 0.153 e. The summed E-state index contributed by atoms with van der Waals surface area (Å²) in [6.07, 6.45) is 0. The molecule has 1 aromatic rings. The van der Waals surface area contributed by atoms with Crippen LogP contribution < -0.4 is 10.5 Å². The van der Waals surface area contributed by atoms with Crippen molar-refractivity contribution in [3.63, 3.8) is 0 Å². The van der Waals surface area contributed by atoms with Crippen molar-refractivity contribution in [1.82, 2.24) is 4.90 Å². The SMILES string of the molecule is CC1CS(=O)(=O)CCN1CCOc1ccc(C(N)=S)cc1.